The molecule has 0 unspecified atom stereocenters. The lowest BCUT2D eigenvalue weighted by Crippen LogP contribution is -2.26. The van der Waals surface area contributed by atoms with Crippen LogP contribution in [0.1, 0.15) is 41.8 Å². The molecule has 8 nitrogen and oxygen atoms in total. The van der Waals surface area contributed by atoms with E-state index in [4.69, 9.17) is 18.9 Å². The predicted molar refractivity (Wildman–Crippen MR) is 124 cm³/mol. The lowest BCUT2D eigenvalue weighted by atomic mass is 10.1. The van der Waals surface area contributed by atoms with Gasteiger partial charge < -0.3 is 18.8 Å². The molecule has 3 aromatic heterocycles. The summed E-state index contributed by atoms with van der Waals surface area (Å²) in [5, 5.41) is 5.23. The van der Waals surface area contributed by atoms with E-state index in [2.05, 4.69) is 5.10 Å². The van der Waals surface area contributed by atoms with E-state index in [1.807, 2.05) is 61.9 Å². The third kappa shape index (κ3) is 3.92. The van der Waals surface area contributed by atoms with Crippen molar-refractivity contribution in [2.24, 2.45) is 0 Å². The summed E-state index contributed by atoms with van der Waals surface area (Å²) in [6.07, 6.45) is 1.72. The fraction of sp³-hybridized carbons (Fsp3) is 0.320. The maximum Gasteiger partial charge on any atom is 0.254 e. The van der Waals surface area contributed by atoms with Crippen LogP contribution in [-0.2, 0) is 6.54 Å². The van der Waals surface area contributed by atoms with E-state index < -0.39 is 0 Å². The van der Waals surface area contributed by atoms with Crippen molar-refractivity contribution in [3.05, 3.63) is 59.7 Å². The van der Waals surface area contributed by atoms with E-state index in [1.165, 1.54) is 0 Å². The number of furan rings is 1. The second-order valence-corrected chi connectivity index (χ2v) is 8.51. The zero-order valence-corrected chi connectivity index (χ0v) is 19.2. The Morgan fingerprint density at radius 1 is 1.12 bits per heavy atom. The number of aryl methyl sites for hydroxylation is 1. The molecular formula is C25H26N4O4. The highest BCUT2D eigenvalue weighted by molar-refractivity contribution is 6.06. The van der Waals surface area contributed by atoms with E-state index in [-0.39, 0.29) is 11.9 Å². The first-order chi connectivity index (χ1) is 15.9. The van der Waals surface area contributed by atoms with Gasteiger partial charge in [-0.05, 0) is 57.2 Å². The molecule has 4 heterocycles. The normalized spacial score (nSPS) is 13.0. The lowest BCUT2D eigenvalue weighted by Gasteiger charge is -2.19. The van der Waals surface area contributed by atoms with Gasteiger partial charge in [-0.15, -0.1) is 0 Å². The van der Waals surface area contributed by atoms with E-state index in [1.54, 1.807) is 18.1 Å². The molecule has 1 amide bonds. The highest BCUT2D eigenvalue weighted by Gasteiger charge is 2.22. The fourth-order valence-electron chi connectivity index (χ4n) is 4.00. The minimum atomic E-state index is -0.126. The van der Waals surface area contributed by atoms with Gasteiger partial charge in [0.05, 0.1) is 29.4 Å². The molecule has 1 aliphatic rings. The second-order valence-electron chi connectivity index (χ2n) is 8.51. The zero-order valence-electron chi connectivity index (χ0n) is 19.2. The molecule has 0 atom stereocenters. The highest BCUT2D eigenvalue weighted by atomic mass is 16.6. The Morgan fingerprint density at radius 3 is 2.64 bits per heavy atom. The smallest absolute Gasteiger partial charge is 0.254 e. The van der Waals surface area contributed by atoms with Gasteiger partial charge >= 0.3 is 0 Å². The Balaban J connectivity index is 1.59. The minimum absolute atomic E-state index is 0.0947. The molecule has 1 aliphatic heterocycles. The van der Waals surface area contributed by atoms with Gasteiger partial charge in [0.2, 0.25) is 0 Å². The van der Waals surface area contributed by atoms with Gasteiger partial charge in [0.15, 0.2) is 17.1 Å². The van der Waals surface area contributed by atoms with Crippen LogP contribution in [0.2, 0.25) is 0 Å². The van der Waals surface area contributed by atoms with Crippen molar-refractivity contribution in [1.29, 1.82) is 0 Å². The predicted octanol–water partition coefficient (Wildman–Crippen LogP) is 4.62. The average molecular weight is 447 g/mol. The minimum Gasteiger partial charge on any atom is -0.486 e. The van der Waals surface area contributed by atoms with Crippen molar-refractivity contribution in [1.82, 2.24) is 19.7 Å². The second kappa shape index (κ2) is 8.27. The molecule has 0 N–H and O–H groups in total. The van der Waals surface area contributed by atoms with Crippen LogP contribution in [0, 0.1) is 6.92 Å². The van der Waals surface area contributed by atoms with Crippen molar-refractivity contribution in [3.8, 4) is 22.8 Å². The summed E-state index contributed by atoms with van der Waals surface area (Å²) in [6.45, 7) is 7.37. The molecule has 5 rings (SSSR count). The molecule has 4 aromatic rings. The topological polar surface area (TPSA) is 82.6 Å². The number of hydrogen-bond donors (Lipinski definition) is 0. The summed E-state index contributed by atoms with van der Waals surface area (Å²) in [5.41, 5.74) is 2.73. The third-order valence-electron chi connectivity index (χ3n) is 5.66. The van der Waals surface area contributed by atoms with Gasteiger partial charge in [0.25, 0.3) is 5.91 Å². The van der Waals surface area contributed by atoms with Crippen LogP contribution in [0.15, 0.2) is 47.0 Å². The Bertz CT molecular complexity index is 1340. The average Bonchev–Trinajstić information content (AvgIpc) is 3.43. The number of aromatic nitrogens is 3. The Labute approximate surface area is 191 Å². The standard InChI is InChI=1S/C25H26N4O4/c1-15(2)29-24-20(13-26-29)19(25(30)28(4)14-18-7-5-16(3)33-18)12-21(27-24)17-6-8-22-23(11-17)32-10-9-31-22/h5-8,11-13,15H,9-10,14H2,1-4H3. The molecule has 0 saturated heterocycles. The Hall–Kier alpha value is -3.81. The number of carbonyl (C=O) groups excluding carboxylic acids is 1. The number of benzene rings is 1. The molecule has 0 bridgehead atoms. The number of pyridine rings is 1. The van der Waals surface area contributed by atoms with Crippen molar-refractivity contribution >= 4 is 16.9 Å². The molecule has 170 valence electrons. The number of rotatable bonds is 5. The Kier molecular flexibility index (Phi) is 5.28. The number of fused-ring (bicyclic) bond motifs is 2. The molecule has 0 aliphatic carbocycles. The van der Waals surface area contributed by atoms with Gasteiger partial charge in [-0.25, -0.2) is 9.67 Å². The number of amides is 1. The van der Waals surface area contributed by atoms with Crippen LogP contribution >= 0.6 is 0 Å². The number of nitrogens with zero attached hydrogens (tertiary/aromatic N) is 4. The van der Waals surface area contributed by atoms with Crippen LogP contribution < -0.4 is 9.47 Å². The van der Waals surface area contributed by atoms with Gasteiger partial charge in [-0.1, -0.05) is 0 Å². The molecular weight excluding hydrogens is 420 g/mol. The first-order valence-corrected chi connectivity index (χ1v) is 11.0. The van der Waals surface area contributed by atoms with Gasteiger partial charge in [0, 0.05) is 18.7 Å². The molecule has 0 saturated carbocycles. The largest absolute Gasteiger partial charge is 0.486 e. The van der Waals surface area contributed by atoms with Crippen molar-refractivity contribution in [3.63, 3.8) is 0 Å². The SMILES string of the molecule is Cc1ccc(CN(C)C(=O)c2cc(-c3ccc4c(c3)OCCO4)nc3c2cnn3C(C)C)o1. The summed E-state index contributed by atoms with van der Waals surface area (Å²) in [7, 11) is 1.77. The zero-order chi connectivity index (χ0) is 23.1. The summed E-state index contributed by atoms with van der Waals surface area (Å²) < 4.78 is 18.9. The number of hydrogen-bond acceptors (Lipinski definition) is 6. The first-order valence-electron chi connectivity index (χ1n) is 11.0. The maximum atomic E-state index is 13.5. The molecule has 0 spiro atoms. The molecule has 0 fully saturated rings. The van der Waals surface area contributed by atoms with E-state index in [0.717, 1.165) is 22.5 Å². The van der Waals surface area contributed by atoms with Crippen LogP contribution in [0.3, 0.4) is 0 Å². The van der Waals surface area contributed by atoms with Crippen LogP contribution in [-0.4, -0.2) is 45.8 Å². The van der Waals surface area contributed by atoms with Crippen LogP contribution in [0.4, 0.5) is 0 Å². The summed E-state index contributed by atoms with van der Waals surface area (Å²) in [6, 6.07) is 11.4. The molecule has 1 aromatic carbocycles. The Morgan fingerprint density at radius 2 is 1.91 bits per heavy atom. The van der Waals surface area contributed by atoms with Crippen molar-refractivity contribution < 1.29 is 18.7 Å². The maximum absolute atomic E-state index is 13.5. The summed E-state index contributed by atoms with van der Waals surface area (Å²) in [4.78, 5) is 20.1. The third-order valence-corrected chi connectivity index (χ3v) is 5.66. The van der Waals surface area contributed by atoms with Crippen LogP contribution in [0.25, 0.3) is 22.3 Å². The van der Waals surface area contributed by atoms with Crippen molar-refractivity contribution in [2.75, 3.05) is 20.3 Å². The van der Waals surface area contributed by atoms with Crippen molar-refractivity contribution in [2.45, 2.75) is 33.4 Å². The van der Waals surface area contributed by atoms with Gasteiger partial charge in [0.1, 0.15) is 24.7 Å². The molecule has 33 heavy (non-hydrogen) atoms. The van der Waals surface area contributed by atoms with Gasteiger partial charge in [-0.2, -0.15) is 5.10 Å². The number of carbonyl (C=O) groups is 1. The van der Waals surface area contributed by atoms with Gasteiger partial charge in [-0.3, -0.25) is 4.79 Å². The highest BCUT2D eigenvalue weighted by Crippen LogP contribution is 2.35. The monoisotopic (exact) mass is 446 g/mol. The fourth-order valence-corrected chi connectivity index (χ4v) is 4.00. The summed E-state index contributed by atoms with van der Waals surface area (Å²) >= 11 is 0. The van der Waals surface area contributed by atoms with E-state index in [0.29, 0.717) is 48.2 Å². The number of ether oxygens (including phenoxy) is 2. The van der Waals surface area contributed by atoms with E-state index in [9.17, 15) is 4.79 Å². The first kappa shape index (κ1) is 21.1. The lowest BCUT2D eigenvalue weighted by molar-refractivity contribution is 0.0777. The molecule has 0 radical (unpaired) electrons. The van der Waals surface area contributed by atoms with E-state index >= 15 is 0 Å². The molecule has 8 heteroatoms. The van der Waals surface area contributed by atoms with Crippen LogP contribution in [0.5, 0.6) is 11.5 Å². The summed E-state index contributed by atoms with van der Waals surface area (Å²) in [5.74, 6) is 2.81. The quantitative estimate of drug-likeness (QED) is 0.445.